The molecule has 0 amide bonds. The van der Waals surface area contributed by atoms with E-state index in [4.69, 9.17) is 0 Å². The van der Waals surface area contributed by atoms with E-state index in [1.54, 1.807) is 52.0 Å². The van der Waals surface area contributed by atoms with Gasteiger partial charge in [-0.15, -0.1) is 0 Å². The molecule has 3 N–H and O–H groups in total. The number of hydrogen-bond acceptors (Lipinski definition) is 3. The Morgan fingerprint density at radius 2 is 1.67 bits per heavy atom. The number of carboxylic acid groups (broad SMARTS) is 1. The average molecular weight is 251 g/mol. The molecule has 0 aliphatic carbocycles. The summed E-state index contributed by atoms with van der Waals surface area (Å²) in [5.74, 6) is -0.960. The maximum Gasteiger partial charge on any atom is 0.325 e. The molecule has 18 heavy (non-hydrogen) atoms. The zero-order valence-electron chi connectivity index (χ0n) is 11.3. The average Bonchev–Trinajstić information content (AvgIpc) is 2.25. The quantitative estimate of drug-likeness (QED) is 0.748. The van der Waals surface area contributed by atoms with Gasteiger partial charge in [-0.25, -0.2) is 0 Å². The Hall–Kier alpha value is -1.39. The van der Waals surface area contributed by atoms with E-state index in [2.05, 4.69) is 5.32 Å². The summed E-state index contributed by atoms with van der Waals surface area (Å²) in [6.45, 7) is 6.88. The van der Waals surface area contributed by atoms with Gasteiger partial charge in [0.05, 0.1) is 5.60 Å². The van der Waals surface area contributed by atoms with Crippen molar-refractivity contribution in [1.82, 2.24) is 5.32 Å². The number of aliphatic hydroxyl groups is 1. The minimum atomic E-state index is -1.03. The van der Waals surface area contributed by atoms with Crippen LogP contribution in [-0.2, 0) is 4.79 Å². The van der Waals surface area contributed by atoms with Gasteiger partial charge in [0.2, 0.25) is 0 Å². The van der Waals surface area contributed by atoms with Gasteiger partial charge >= 0.3 is 5.97 Å². The van der Waals surface area contributed by atoms with E-state index in [0.29, 0.717) is 5.56 Å². The normalized spacial score (nSPS) is 14.3. The first-order valence-corrected chi connectivity index (χ1v) is 5.93. The molecular weight excluding hydrogens is 230 g/mol. The summed E-state index contributed by atoms with van der Waals surface area (Å²) in [7, 11) is 0. The first kappa shape index (κ1) is 14.7. The Morgan fingerprint density at radius 1 is 1.17 bits per heavy atom. The van der Waals surface area contributed by atoms with E-state index in [1.807, 2.05) is 6.07 Å². The topological polar surface area (TPSA) is 69.6 Å². The van der Waals surface area contributed by atoms with Gasteiger partial charge in [0.15, 0.2) is 0 Å². The second-order valence-corrected chi connectivity index (χ2v) is 5.51. The van der Waals surface area contributed by atoms with Crippen molar-refractivity contribution in [1.29, 1.82) is 0 Å². The molecule has 0 radical (unpaired) electrons. The number of hydrogen-bond donors (Lipinski definition) is 3. The molecule has 1 aromatic rings. The fourth-order valence-corrected chi connectivity index (χ4v) is 1.47. The molecule has 1 rings (SSSR count). The van der Waals surface area contributed by atoms with Crippen molar-refractivity contribution in [3.63, 3.8) is 0 Å². The van der Waals surface area contributed by atoms with E-state index in [9.17, 15) is 15.0 Å². The van der Waals surface area contributed by atoms with Crippen molar-refractivity contribution < 1.29 is 15.0 Å². The Bertz CT molecular complexity index is 407. The third-order valence-electron chi connectivity index (χ3n) is 3.41. The van der Waals surface area contributed by atoms with Gasteiger partial charge in [0.25, 0.3) is 0 Å². The molecule has 0 saturated heterocycles. The monoisotopic (exact) mass is 251 g/mol. The maximum absolute atomic E-state index is 11.4. The Morgan fingerprint density at radius 3 is 2.06 bits per heavy atom. The lowest BCUT2D eigenvalue weighted by Crippen LogP contribution is -2.57. The highest BCUT2D eigenvalue weighted by Crippen LogP contribution is 2.25. The predicted molar refractivity (Wildman–Crippen MR) is 70.3 cm³/mol. The number of benzene rings is 1. The first-order chi connectivity index (χ1) is 8.15. The third kappa shape index (κ3) is 3.31. The number of carbonyl (C=O) groups is 1. The van der Waals surface area contributed by atoms with Crippen molar-refractivity contribution >= 4 is 5.97 Å². The second kappa shape index (κ2) is 5.08. The van der Waals surface area contributed by atoms with Crippen molar-refractivity contribution in [2.75, 3.05) is 0 Å². The molecule has 0 aliphatic heterocycles. The molecule has 4 heteroatoms. The largest absolute Gasteiger partial charge is 0.480 e. The van der Waals surface area contributed by atoms with Crippen molar-refractivity contribution in [2.24, 2.45) is 0 Å². The lowest BCUT2D eigenvalue weighted by molar-refractivity contribution is -0.141. The van der Waals surface area contributed by atoms with Gasteiger partial charge in [0, 0.05) is 5.54 Å². The fraction of sp³-hybridized carbons (Fsp3) is 0.500. The maximum atomic E-state index is 11.4. The highest BCUT2D eigenvalue weighted by Gasteiger charge is 2.38. The molecule has 100 valence electrons. The van der Waals surface area contributed by atoms with Crippen LogP contribution in [0, 0.1) is 0 Å². The second-order valence-electron chi connectivity index (χ2n) is 5.51. The lowest BCUT2D eigenvalue weighted by Gasteiger charge is -2.40. The molecule has 0 saturated carbocycles. The minimum Gasteiger partial charge on any atom is -0.480 e. The van der Waals surface area contributed by atoms with Crippen LogP contribution in [0.25, 0.3) is 0 Å². The Kier molecular flexibility index (Phi) is 4.14. The molecule has 0 aromatic heterocycles. The standard InChI is InChI=1S/C14H21NO3/c1-13(2,14(3,4)18)15-11(12(16)17)10-8-6-5-7-9-10/h5-9,11,15,18H,1-4H3,(H,16,17). The predicted octanol–water partition coefficient (Wildman–Crippen LogP) is 1.95. The van der Waals surface area contributed by atoms with Crippen LogP contribution in [0.1, 0.15) is 39.3 Å². The summed E-state index contributed by atoms with van der Waals surface area (Å²) in [6, 6.07) is 8.10. The molecule has 1 aromatic carbocycles. The molecule has 4 nitrogen and oxygen atoms in total. The van der Waals surface area contributed by atoms with E-state index >= 15 is 0 Å². The van der Waals surface area contributed by atoms with Gasteiger partial charge < -0.3 is 10.2 Å². The molecule has 1 unspecified atom stereocenters. The first-order valence-electron chi connectivity index (χ1n) is 5.93. The van der Waals surface area contributed by atoms with Crippen molar-refractivity contribution in [3.8, 4) is 0 Å². The van der Waals surface area contributed by atoms with Crippen LogP contribution < -0.4 is 5.32 Å². The van der Waals surface area contributed by atoms with Crippen LogP contribution in [-0.4, -0.2) is 27.3 Å². The Balaban J connectivity index is 3.00. The van der Waals surface area contributed by atoms with Gasteiger partial charge in [-0.1, -0.05) is 30.3 Å². The molecule has 0 bridgehead atoms. The highest BCUT2D eigenvalue weighted by molar-refractivity contribution is 5.75. The zero-order valence-corrected chi connectivity index (χ0v) is 11.3. The van der Waals surface area contributed by atoms with Crippen LogP contribution >= 0.6 is 0 Å². The summed E-state index contributed by atoms with van der Waals surface area (Å²) >= 11 is 0. The highest BCUT2D eigenvalue weighted by atomic mass is 16.4. The molecule has 0 fully saturated rings. The van der Waals surface area contributed by atoms with Crippen LogP contribution in [0.5, 0.6) is 0 Å². The summed E-state index contributed by atoms with van der Waals surface area (Å²) in [6.07, 6.45) is 0. The summed E-state index contributed by atoms with van der Waals surface area (Å²) in [5, 5.41) is 22.4. The van der Waals surface area contributed by atoms with Crippen LogP contribution in [0.2, 0.25) is 0 Å². The van der Waals surface area contributed by atoms with E-state index in [1.165, 1.54) is 0 Å². The van der Waals surface area contributed by atoms with Crippen molar-refractivity contribution in [2.45, 2.75) is 44.9 Å². The van der Waals surface area contributed by atoms with Gasteiger partial charge in [-0.2, -0.15) is 0 Å². The lowest BCUT2D eigenvalue weighted by atomic mass is 9.84. The van der Waals surface area contributed by atoms with Gasteiger partial charge in [-0.3, -0.25) is 10.1 Å². The number of carboxylic acids is 1. The number of aliphatic carboxylic acids is 1. The molecular formula is C14H21NO3. The van der Waals surface area contributed by atoms with Gasteiger partial charge in [-0.05, 0) is 33.3 Å². The molecule has 0 heterocycles. The zero-order chi connectivity index (χ0) is 14.0. The van der Waals surface area contributed by atoms with E-state index < -0.39 is 23.2 Å². The number of rotatable bonds is 5. The SMILES string of the molecule is CC(C)(O)C(C)(C)NC(C(=O)O)c1ccccc1. The summed E-state index contributed by atoms with van der Waals surface area (Å²) in [4.78, 5) is 11.4. The third-order valence-corrected chi connectivity index (χ3v) is 3.41. The van der Waals surface area contributed by atoms with Gasteiger partial charge in [0.1, 0.15) is 6.04 Å². The molecule has 0 aliphatic rings. The van der Waals surface area contributed by atoms with E-state index in [0.717, 1.165) is 0 Å². The number of nitrogens with one attached hydrogen (secondary N) is 1. The smallest absolute Gasteiger partial charge is 0.325 e. The summed E-state index contributed by atoms with van der Waals surface area (Å²) < 4.78 is 0. The molecule has 1 atom stereocenters. The fourth-order valence-electron chi connectivity index (χ4n) is 1.47. The Labute approximate surface area is 108 Å². The van der Waals surface area contributed by atoms with Crippen LogP contribution in [0.4, 0.5) is 0 Å². The van der Waals surface area contributed by atoms with E-state index in [-0.39, 0.29) is 0 Å². The van der Waals surface area contributed by atoms with Crippen LogP contribution in [0.3, 0.4) is 0 Å². The van der Waals surface area contributed by atoms with Crippen molar-refractivity contribution in [3.05, 3.63) is 35.9 Å². The van der Waals surface area contributed by atoms with Crippen LogP contribution in [0.15, 0.2) is 30.3 Å². The summed E-state index contributed by atoms with van der Waals surface area (Å²) in [5.41, 5.74) is -1.09. The minimum absolute atomic E-state index is 0.669. The molecule has 0 spiro atoms.